The van der Waals surface area contributed by atoms with E-state index in [4.69, 9.17) is 10.00 Å². The van der Waals surface area contributed by atoms with E-state index in [-0.39, 0.29) is 23.1 Å². The van der Waals surface area contributed by atoms with Crippen LogP contribution in [0, 0.1) is 11.3 Å². The number of amides is 1. The Labute approximate surface area is 125 Å². The van der Waals surface area contributed by atoms with E-state index in [9.17, 15) is 13.2 Å². The molecule has 1 atom stereocenters. The molecule has 0 saturated carbocycles. The molecule has 1 heterocycles. The number of rotatable bonds is 8. The summed E-state index contributed by atoms with van der Waals surface area (Å²) in [4.78, 5) is 11.7. The minimum Gasteiger partial charge on any atom is -0.386 e. The predicted octanol–water partition coefficient (Wildman–Crippen LogP) is -0.287. The molecule has 1 amide bonds. The van der Waals surface area contributed by atoms with E-state index >= 15 is 0 Å². The van der Waals surface area contributed by atoms with Crippen LogP contribution in [0.3, 0.4) is 0 Å². The average molecular weight is 315 g/mol. The van der Waals surface area contributed by atoms with Crippen molar-refractivity contribution in [2.45, 2.75) is 25.8 Å². The van der Waals surface area contributed by atoms with Crippen LogP contribution in [-0.2, 0) is 19.4 Å². The third-order valence-corrected chi connectivity index (χ3v) is 4.78. The molecular formula is C13H21N3O4S. The average Bonchev–Trinajstić information content (AvgIpc) is 2.78. The van der Waals surface area contributed by atoms with Gasteiger partial charge in [-0.3, -0.25) is 4.79 Å². The number of hydrogen-bond acceptors (Lipinski definition) is 6. The van der Waals surface area contributed by atoms with Crippen molar-refractivity contribution >= 4 is 15.7 Å². The summed E-state index contributed by atoms with van der Waals surface area (Å²) in [6, 6.07) is 1.57. The number of carbonyl (C=O) groups excluding carboxylic acids is 1. The van der Waals surface area contributed by atoms with Crippen LogP contribution < -0.4 is 10.6 Å². The van der Waals surface area contributed by atoms with Gasteiger partial charge in [0.1, 0.15) is 11.6 Å². The van der Waals surface area contributed by atoms with E-state index < -0.39 is 15.7 Å². The zero-order chi connectivity index (χ0) is 15.7. The van der Waals surface area contributed by atoms with E-state index in [2.05, 4.69) is 10.6 Å². The molecule has 1 rings (SSSR count). The van der Waals surface area contributed by atoms with Crippen molar-refractivity contribution in [1.29, 1.82) is 5.26 Å². The van der Waals surface area contributed by atoms with Gasteiger partial charge >= 0.3 is 0 Å². The number of carbonyl (C=O) groups is 1. The van der Waals surface area contributed by atoms with Gasteiger partial charge in [-0.2, -0.15) is 5.26 Å². The zero-order valence-electron chi connectivity index (χ0n) is 12.1. The largest absolute Gasteiger partial charge is 0.386 e. The van der Waals surface area contributed by atoms with Gasteiger partial charge in [-0.15, -0.1) is 0 Å². The molecule has 118 valence electrons. The molecule has 1 unspecified atom stereocenters. The number of nitrogens with one attached hydrogen (secondary N) is 2. The number of sulfone groups is 1. The second-order valence-corrected chi connectivity index (χ2v) is 6.97. The highest BCUT2D eigenvalue weighted by atomic mass is 32.2. The molecule has 0 aromatic rings. The first kappa shape index (κ1) is 17.5. The van der Waals surface area contributed by atoms with Crippen LogP contribution in [0.1, 0.15) is 19.8 Å². The third kappa shape index (κ3) is 6.60. The van der Waals surface area contributed by atoms with Gasteiger partial charge in [0.15, 0.2) is 9.84 Å². The van der Waals surface area contributed by atoms with Gasteiger partial charge in [0, 0.05) is 32.0 Å². The Bertz CT molecular complexity index is 522. The molecule has 1 fully saturated rings. The predicted molar refractivity (Wildman–Crippen MR) is 78.0 cm³/mol. The lowest BCUT2D eigenvalue weighted by Crippen LogP contribution is -2.30. The topological polar surface area (TPSA) is 108 Å². The number of nitriles is 1. The van der Waals surface area contributed by atoms with Gasteiger partial charge in [-0.1, -0.05) is 0 Å². The molecule has 0 spiro atoms. The smallest absolute Gasteiger partial charge is 0.263 e. The molecule has 0 bridgehead atoms. The van der Waals surface area contributed by atoms with Crippen LogP contribution in [0.2, 0.25) is 0 Å². The molecule has 1 saturated heterocycles. The summed E-state index contributed by atoms with van der Waals surface area (Å²) in [5, 5.41) is 14.4. The van der Waals surface area contributed by atoms with E-state index in [0.717, 1.165) is 0 Å². The minimum absolute atomic E-state index is 0.0399. The molecule has 0 aromatic heterocycles. The fourth-order valence-corrected chi connectivity index (χ4v) is 3.58. The van der Waals surface area contributed by atoms with Crippen molar-refractivity contribution in [3.63, 3.8) is 0 Å². The van der Waals surface area contributed by atoms with Crippen molar-refractivity contribution in [1.82, 2.24) is 10.6 Å². The Morgan fingerprint density at radius 1 is 1.52 bits per heavy atom. The lowest BCUT2D eigenvalue weighted by Gasteiger charge is -2.08. The molecule has 8 heteroatoms. The molecule has 0 radical (unpaired) electrons. The zero-order valence-corrected chi connectivity index (χ0v) is 12.9. The SMILES string of the molecule is CCOCCCNC(=O)/C(C#N)=C\NC1CCS(=O)(=O)C1. The Morgan fingerprint density at radius 2 is 2.29 bits per heavy atom. The summed E-state index contributed by atoms with van der Waals surface area (Å²) >= 11 is 0. The van der Waals surface area contributed by atoms with Crippen LogP contribution in [0.5, 0.6) is 0 Å². The highest BCUT2D eigenvalue weighted by Gasteiger charge is 2.27. The van der Waals surface area contributed by atoms with Gasteiger partial charge in [0.2, 0.25) is 0 Å². The molecule has 21 heavy (non-hydrogen) atoms. The van der Waals surface area contributed by atoms with Crippen molar-refractivity contribution in [2.75, 3.05) is 31.3 Å². The molecule has 7 nitrogen and oxygen atoms in total. The summed E-state index contributed by atoms with van der Waals surface area (Å²) in [6.07, 6.45) is 2.46. The normalized spacial score (nSPS) is 20.8. The van der Waals surface area contributed by atoms with E-state index in [1.165, 1.54) is 6.20 Å². The first-order valence-electron chi connectivity index (χ1n) is 6.91. The molecule has 1 aliphatic rings. The monoisotopic (exact) mass is 315 g/mol. The number of ether oxygens (including phenoxy) is 1. The quantitative estimate of drug-likeness (QED) is 0.362. The van der Waals surface area contributed by atoms with Crippen molar-refractivity contribution in [3.8, 4) is 6.07 Å². The summed E-state index contributed by atoms with van der Waals surface area (Å²) in [5.41, 5.74) is -0.0595. The van der Waals surface area contributed by atoms with Crippen LogP contribution in [0.15, 0.2) is 11.8 Å². The minimum atomic E-state index is -2.98. The Morgan fingerprint density at radius 3 is 2.86 bits per heavy atom. The van der Waals surface area contributed by atoms with Crippen molar-refractivity contribution < 1.29 is 17.9 Å². The lowest BCUT2D eigenvalue weighted by atomic mass is 10.2. The fourth-order valence-electron chi connectivity index (χ4n) is 1.89. The van der Waals surface area contributed by atoms with Crippen LogP contribution in [0.25, 0.3) is 0 Å². The summed E-state index contributed by atoms with van der Waals surface area (Å²) in [7, 11) is -2.98. The highest BCUT2D eigenvalue weighted by molar-refractivity contribution is 7.91. The van der Waals surface area contributed by atoms with Gasteiger partial charge in [-0.25, -0.2) is 8.42 Å². The first-order chi connectivity index (χ1) is 9.98. The number of hydrogen-bond donors (Lipinski definition) is 2. The van der Waals surface area contributed by atoms with Gasteiger partial charge in [0.25, 0.3) is 5.91 Å². The molecule has 0 aromatic carbocycles. The van der Waals surface area contributed by atoms with Crippen LogP contribution in [-0.4, -0.2) is 51.6 Å². The molecule has 1 aliphatic heterocycles. The van der Waals surface area contributed by atoms with Crippen LogP contribution in [0.4, 0.5) is 0 Å². The molecule has 2 N–H and O–H groups in total. The third-order valence-electron chi connectivity index (χ3n) is 3.02. The van der Waals surface area contributed by atoms with Gasteiger partial charge in [0.05, 0.1) is 11.5 Å². The maximum atomic E-state index is 11.7. The fraction of sp³-hybridized carbons (Fsp3) is 0.692. The van der Waals surface area contributed by atoms with E-state index in [0.29, 0.717) is 32.6 Å². The van der Waals surface area contributed by atoms with E-state index in [1.807, 2.05) is 6.92 Å². The standard InChI is InChI=1S/C13H21N3O4S/c1-2-20-6-3-5-15-13(17)11(8-14)9-16-12-4-7-21(18,19)10-12/h9,12,16H,2-7,10H2,1H3,(H,15,17)/b11-9-. The first-order valence-corrected chi connectivity index (χ1v) is 8.73. The van der Waals surface area contributed by atoms with Gasteiger partial charge in [-0.05, 0) is 19.8 Å². The Balaban J connectivity index is 2.37. The van der Waals surface area contributed by atoms with Crippen molar-refractivity contribution in [2.24, 2.45) is 0 Å². The summed E-state index contributed by atoms with van der Waals surface area (Å²) in [6.45, 7) is 3.51. The van der Waals surface area contributed by atoms with Crippen molar-refractivity contribution in [3.05, 3.63) is 11.8 Å². The van der Waals surface area contributed by atoms with Gasteiger partial charge < -0.3 is 15.4 Å². The second kappa shape index (κ2) is 8.64. The highest BCUT2D eigenvalue weighted by Crippen LogP contribution is 2.11. The summed E-state index contributed by atoms with van der Waals surface area (Å²) < 4.78 is 27.7. The number of nitrogens with zero attached hydrogens (tertiary/aromatic N) is 1. The molecule has 0 aliphatic carbocycles. The maximum absolute atomic E-state index is 11.7. The molecular weight excluding hydrogens is 294 g/mol. The Hall–Kier alpha value is -1.59. The van der Waals surface area contributed by atoms with E-state index in [1.54, 1.807) is 6.07 Å². The maximum Gasteiger partial charge on any atom is 0.263 e. The Kier molecular flexibility index (Phi) is 7.19. The summed E-state index contributed by atoms with van der Waals surface area (Å²) in [5.74, 6) is -0.287. The van der Waals surface area contributed by atoms with Crippen LogP contribution >= 0.6 is 0 Å². The lowest BCUT2D eigenvalue weighted by molar-refractivity contribution is -0.117. The second-order valence-electron chi connectivity index (χ2n) is 4.74.